The smallest absolute Gasteiger partial charge is 0.187 e. The fourth-order valence-corrected chi connectivity index (χ4v) is 2.96. The lowest BCUT2D eigenvalue weighted by Crippen LogP contribution is -2.09. The van der Waals surface area contributed by atoms with Gasteiger partial charge in [-0.1, -0.05) is 30.7 Å². The molecule has 0 fully saturated rings. The number of benzene rings is 1. The molecule has 0 atom stereocenters. The Balaban J connectivity index is 2.25. The molecule has 0 aliphatic rings. The molecule has 3 N–H and O–H groups in total. The van der Waals surface area contributed by atoms with Crippen LogP contribution in [0.15, 0.2) is 18.2 Å². The van der Waals surface area contributed by atoms with Gasteiger partial charge in [0.25, 0.3) is 0 Å². The summed E-state index contributed by atoms with van der Waals surface area (Å²) >= 11 is 12.7. The lowest BCUT2D eigenvalue weighted by Gasteiger charge is -2.07. The van der Waals surface area contributed by atoms with Crippen molar-refractivity contribution in [3.8, 4) is 0 Å². The third kappa shape index (κ3) is 3.23. The number of nitrogens with one attached hydrogen (secondary N) is 1. The molecule has 1 aromatic carbocycles. The molecule has 3 nitrogen and oxygen atoms in total. The quantitative estimate of drug-likeness (QED) is 0.837. The zero-order valence-electron chi connectivity index (χ0n) is 10.7. The average molecular weight is 312 g/mol. The van der Waals surface area contributed by atoms with Crippen LogP contribution in [-0.2, 0) is 6.42 Å². The normalized spacial score (nSPS) is 10.5. The summed E-state index contributed by atoms with van der Waals surface area (Å²) in [6.07, 6.45) is 0.929. The van der Waals surface area contributed by atoms with E-state index in [4.69, 9.17) is 29.6 Å². The first kappa shape index (κ1) is 14.2. The fourth-order valence-electron chi connectivity index (χ4n) is 1.69. The number of hydrogen-bond acceptors (Lipinski definition) is 4. The molecule has 0 amide bonds. The van der Waals surface area contributed by atoms with E-state index >= 15 is 0 Å². The molecular formula is C13H14ClN3S2. The van der Waals surface area contributed by atoms with E-state index in [0.717, 1.165) is 28.5 Å². The summed E-state index contributed by atoms with van der Waals surface area (Å²) in [5, 5.41) is 4.65. The maximum atomic E-state index is 6.20. The number of nitrogens with two attached hydrogens (primary N) is 1. The number of rotatable bonds is 4. The number of nitrogens with zero attached hydrogens (tertiary/aromatic N) is 1. The maximum absolute atomic E-state index is 6.20. The molecule has 0 unspecified atom stereocenters. The number of aromatic nitrogens is 1. The first-order valence-corrected chi connectivity index (χ1v) is 7.44. The molecule has 0 bridgehead atoms. The standard InChI is InChI=1S/C13H14ClN3S2/c1-3-10-7(2)19-13(16-10)17-11-5-4-8(12(15)18)6-9(11)14/h4-6H,3H2,1-2H3,(H2,15,18)(H,16,17). The number of thiazole rings is 1. The molecule has 0 spiro atoms. The van der Waals surface area contributed by atoms with Crippen LogP contribution >= 0.6 is 35.2 Å². The van der Waals surface area contributed by atoms with Crippen molar-refractivity contribution in [2.24, 2.45) is 5.73 Å². The second-order valence-corrected chi connectivity index (χ2v) is 6.11. The molecule has 2 aromatic rings. The van der Waals surface area contributed by atoms with Gasteiger partial charge >= 0.3 is 0 Å². The number of thiocarbonyl (C=S) groups is 1. The van der Waals surface area contributed by atoms with E-state index in [9.17, 15) is 0 Å². The van der Waals surface area contributed by atoms with Gasteiger partial charge in [0.15, 0.2) is 5.13 Å². The van der Waals surface area contributed by atoms with Crippen LogP contribution in [0.25, 0.3) is 0 Å². The van der Waals surface area contributed by atoms with Gasteiger partial charge < -0.3 is 11.1 Å². The lowest BCUT2D eigenvalue weighted by molar-refractivity contribution is 1.05. The van der Waals surface area contributed by atoms with Crippen LogP contribution < -0.4 is 11.1 Å². The maximum Gasteiger partial charge on any atom is 0.187 e. The first-order valence-electron chi connectivity index (χ1n) is 5.84. The van der Waals surface area contributed by atoms with E-state index in [1.54, 1.807) is 17.4 Å². The van der Waals surface area contributed by atoms with Gasteiger partial charge in [-0.05, 0) is 31.5 Å². The van der Waals surface area contributed by atoms with E-state index in [1.807, 2.05) is 12.1 Å². The predicted octanol–water partition coefficient (Wildman–Crippen LogP) is 4.05. The molecule has 19 heavy (non-hydrogen) atoms. The minimum absolute atomic E-state index is 0.340. The van der Waals surface area contributed by atoms with Gasteiger partial charge in [-0.3, -0.25) is 0 Å². The highest BCUT2D eigenvalue weighted by Crippen LogP contribution is 2.30. The van der Waals surface area contributed by atoms with Gasteiger partial charge in [0.05, 0.1) is 16.4 Å². The second kappa shape index (κ2) is 5.86. The summed E-state index contributed by atoms with van der Waals surface area (Å²) in [4.78, 5) is 6.08. The summed E-state index contributed by atoms with van der Waals surface area (Å²) in [5.41, 5.74) is 8.25. The molecule has 0 saturated carbocycles. The SMILES string of the molecule is CCc1nc(Nc2ccc(C(N)=S)cc2Cl)sc1C. The van der Waals surface area contributed by atoms with Crippen molar-refractivity contribution in [3.05, 3.63) is 39.4 Å². The molecule has 6 heteroatoms. The van der Waals surface area contributed by atoms with Crippen LogP contribution in [0.2, 0.25) is 5.02 Å². The topological polar surface area (TPSA) is 50.9 Å². The Hall–Kier alpha value is -1.17. The van der Waals surface area contributed by atoms with Crippen LogP contribution in [0.3, 0.4) is 0 Å². The average Bonchev–Trinajstić information content (AvgIpc) is 2.72. The fraction of sp³-hybridized carbons (Fsp3) is 0.231. The Morgan fingerprint density at radius 1 is 1.53 bits per heavy atom. The Morgan fingerprint density at radius 3 is 2.79 bits per heavy atom. The van der Waals surface area contributed by atoms with E-state index in [-0.39, 0.29) is 0 Å². The van der Waals surface area contributed by atoms with Crippen molar-refractivity contribution in [1.82, 2.24) is 4.98 Å². The third-order valence-corrected chi connectivity index (χ3v) is 4.20. The van der Waals surface area contributed by atoms with Gasteiger partial charge in [0, 0.05) is 10.4 Å². The van der Waals surface area contributed by atoms with Crippen LogP contribution in [0.1, 0.15) is 23.1 Å². The third-order valence-electron chi connectivity index (χ3n) is 2.72. The Bertz CT molecular complexity index is 622. The van der Waals surface area contributed by atoms with Gasteiger partial charge in [0.2, 0.25) is 0 Å². The van der Waals surface area contributed by atoms with Crippen LogP contribution in [0, 0.1) is 6.92 Å². The van der Waals surface area contributed by atoms with Crippen molar-refractivity contribution < 1.29 is 0 Å². The first-order chi connectivity index (χ1) is 9.01. The Labute approximate surface area is 126 Å². The Morgan fingerprint density at radius 2 is 2.26 bits per heavy atom. The van der Waals surface area contributed by atoms with E-state index in [1.165, 1.54) is 4.88 Å². The molecule has 0 aliphatic heterocycles. The zero-order chi connectivity index (χ0) is 14.0. The van der Waals surface area contributed by atoms with Crippen molar-refractivity contribution in [1.29, 1.82) is 0 Å². The van der Waals surface area contributed by atoms with Crippen molar-refractivity contribution in [3.63, 3.8) is 0 Å². The summed E-state index contributed by atoms with van der Waals surface area (Å²) < 4.78 is 0. The minimum Gasteiger partial charge on any atom is -0.389 e. The summed E-state index contributed by atoms with van der Waals surface area (Å²) in [5.74, 6) is 0. The highest BCUT2D eigenvalue weighted by Gasteiger charge is 2.09. The van der Waals surface area contributed by atoms with Gasteiger partial charge in [-0.2, -0.15) is 0 Å². The van der Waals surface area contributed by atoms with Crippen molar-refractivity contribution in [2.45, 2.75) is 20.3 Å². The second-order valence-electron chi connectivity index (χ2n) is 4.06. The molecule has 1 heterocycles. The number of hydrogen-bond donors (Lipinski definition) is 2. The van der Waals surface area contributed by atoms with Gasteiger partial charge in [0.1, 0.15) is 4.99 Å². The van der Waals surface area contributed by atoms with Crippen molar-refractivity contribution in [2.75, 3.05) is 5.32 Å². The number of aryl methyl sites for hydroxylation is 2. The van der Waals surface area contributed by atoms with Gasteiger partial charge in [-0.25, -0.2) is 4.98 Å². The highest BCUT2D eigenvalue weighted by atomic mass is 35.5. The monoisotopic (exact) mass is 311 g/mol. The molecular weight excluding hydrogens is 298 g/mol. The van der Waals surface area contributed by atoms with Crippen molar-refractivity contribution >= 4 is 51.0 Å². The molecule has 0 saturated heterocycles. The molecule has 0 aliphatic carbocycles. The predicted molar refractivity (Wildman–Crippen MR) is 86.9 cm³/mol. The molecule has 0 radical (unpaired) electrons. The Kier molecular flexibility index (Phi) is 4.39. The zero-order valence-corrected chi connectivity index (χ0v) is 13.0. The summed E-state index contributed by atoms with van der Waals surface area (Å²) in [6.45, 7) is 4.16. The molecule has 1 aromatic heterocycles. The van der Waals surface area contributed by atoms with Crippen LogP contribution in [0.4, 0.5) is 10.8 Å². The number of anilines is 2. The summed E-state index contributed by atoms with van der Waals surface area (Å²) in [6, 6.07) is 5.46. The van der Waals surface area contributed by atoms with E-state index < -0.39 is 0 Å². The number of halogens is 1. The lowest BCUT2D eigenvalue weighted by atomic mass is 10.2. The van der Waals surface area contributed by atoms with Gasteiger partial charge in [-0.15, -0.1) is 11.3 Å². The minimum atomic E-state index is 0.340. The summed E-state index contributed by atoms with van der Waals surface area (Å²) in [7, 11) is 0. The van der Waals surface area contributed by atoms with Crippen LogP contribution in [-0.4, -0.2) is 9.97 Å². The van der Waals surface area contributed by atoms with Crippen LogP contribution in [0.5, 0.6) is 0 Å². The molecule has 100 valence electrons. The van der Waals surface area contributed by atoms with E-state index in [0.29, 0.717) is 10.0 Å². The highest BCUT2D eigenvalue weighted by molar-refractivity contribution is 7.80. The largest absolute Gasteiger partial charge is 0.389 e. The van der Waals surface area contributed by atoms with E-state index in [2.05, 4.69) is 24.1 Å². The molecule has 2 rings (SSSR count).